The van der Waals surface area contributed by atoms with Crippen LogP contribution in [0, 0.1) is 13.8 Å². The number of hydrogen-bond donors (Lipinski definition) is 1. The second-order valence-corrected chi connectivity index (χ2v) is 19.2. The fourth-order valence-corrected chi connectivity index (χ4v) is 11.5. The molecule has 0 saturated heterocycles. The van der Waals surface area contributed by atoms with Crippen molar-refractivity contribution in [1.29, 1.82) is 0 Å². The van der Waals surface area contributed by atoms with E-state index < -0.39 is 5.97 Å². The molecule has 64 heavy (non-hydrogen) atoms. The molecule has 5 aromatic carbocycles. The number of rotatable bonds is 8. The summed E-state index contributed by atoms with van der Waals surface area (Å²) in [6.07, 6.45) is 7.15. The number of aromatic nitrogens is 6. The molecule has 5 aromatic heterocycles. The SMILES string of the molecule is Cc1nc(-c2ccc(Cl)cc2)sc1-c1ccc2cc(-c3nc4c(-c5ccc6ncccc6c5)c(C(=O)O)c(-c5sc(-c6ccc(Cl)cc6)nc5C)cc4n3C3CCCCC3)ccc2n1. The van der Waals surface area contributed by atoms with Crippen molar-refractivity contribution in [2.75, 3.05) is 0 Å². The van der Waals surface area contributed by atoms with Crippen molar-refractivity contribution in [3.63, 3.8) is 0 Å². The Labute approximate surface area is 386 Å². The van der Waals surface area contributed by atoms with Gasteiger partial charge < -0.3 is 9.67 Å². The van der Waals surface area contributed by atoms with E-state index in [9.17, 15) is 9.90 Å². The van der Waals surface area contributed by atoms with Crippen LogP contribution < -0.4 is 0 Å². The molecule has 1 aliphatic carbocycles. The van der Waals surface area contributed by atoms with E-state index in [1.807, 2.05) is 92.7 Å². The molecule has 8 nitrogen and oxygen atoms in total. The van der Waals surface area contributed by atoms with Crippen LogP contribution in [0.2, 0.25) is 10.0 Å². The summed E-state index contributed by atoms with van der Waals surface area (Å²) in [5.41, 5.74) is 10.8. The molecule has 0 spiro atoms. The van der Waals surface area contributed by atoms with Gasteiger partial charge in [-0.05, 0) is 105 Å². The summed E-state index contributed by atoms with van der Waals surface area (Å²) in [5, 5.41) is 16.3. The van der Waals surface area contributed by atoms with E-state index in [1.54, 1.807) is 17.5 Å². The molecule has 1 fully saturated rings. The van der Waals surface area contributed by atoms with Gasteiger partial charge in [0.15, 0.2) is 0 Å². The first-order valence-corrected chi connectivity index (χ1v) is 23.6. The molecular formula is C52H38Cl2N6O2S2. The van der Waals surface area contributed by atoms with E-state index in [1.165, 1.54) is 17.8 Å². The predicted molar refractivity (Wildman–Crippen MR) is 263 cm³/mol. The Morgan fingerprint density at radius 3 is 1.97 bits per heavy atom. The van der Waals surface area contributed by atoms with Gasteiger partial charge in [0.1, 0.15) is 15.8 Å². The van der Waals surface area contributed by atoms with Crippen LogP contribution in [0.4, 0.5) is 0 Å². The zero-order valence-electron chi connectivity index (χ0n) is 34.8. The fourth-order valence-electron chi connectivity index (χ4n) is 9.16. The summed E-state index contributed by atoms with van der Waals surface area (Å²) in [7, 11) is 0. The highest BCUT2D eigenvalue weighted by atomic mass is 35.5. The minimum atomic E-state index is -1.03. The molecule has 0 aliphatic heterocycles. The number of halogens is 2. The maximum Gasteiger partial charge on any atom is 0.337 e. The van der Waals surface area contributed by atoms with Gasteiger partial charge in [0, 0.05) is 60.9 Å². The molecule has 0 atom stereocenters. The highest BCUT2D eigenvalue weighted by molar-refractivity contribution is 7.19. The van der Waals surface area contributed by atoms with Crippen LogP contribution in [0.25, 0.3) is 97.5 Å². The first-order chi connectivity index (χ1) is 31.2. The Morgan fingerprint density at radius 2 is 1.27 bits per heavy atom. The van der Waals surface area contributed by atoms with Crippen LogP contribution in [-0.2, 0) is 0 Å². The van der Waals surface area contributed by atoms with Gasteiger partial charge in [-0.2, -0.15) is 0 Å². The van der Waals surface area contributed by atoms with E-state index in [0.717, 1.165) is 118 Å². The van der Waals surface area contributed by atoms with Crippen molar-refractivity contribution in [1.82, 2.24) is 29.5 Å². The highest BCUT2D eigenvalue weighted by Crippen LogP contribution is 2.47. The Hall–Kier alpha value is -6.30. The quantitative estimate of drug-likeness (QED) is 0.162. The number of hydrogen-bond acceptors (Lipinski definition) is 8. The number of carboxylic acids is 1. The lowest BCUT2D eigenvalue weighted by atomic mass is 9.91. The molecule has 5 heterocycles. The number of benzene rings is 5. The summed E-state index contributed by atoms with van der Waals surface area (Å²) in [4.78, 5) is 40.8. The summed E-state index contributed by atoms with van der Waals surface area (Å²) >= 11 is 15.5. The zero-order valence-corrected chi connectivity index (χ0v) is 37.9. The summed E-state index contributed by atoms with van der Waals surface area (Å²) in [5.74, 6) is -0.226. The molecule has 11 rings (SSSR count). The number of nitrogens with zero attached hydrogens (tertiary/aromatic N) is 6. The average molecular weight is 914 g/mol. The lowest BCUT2D eigenvalue weighted by Crippen LogP contribution is -2.14. The van der Waals surface area contributed by atoms with E-state index in [2.05, 4.69) is 45.9 Å². The molecule has 1 aliphatic rings. The molecule has 0 radical (unpaired) electrons. The maximum atomic E-state index is 13.9. The second kappa shape index (κ2) is 16.4. The van der Waals surface area contributed by atoms with Crippen LogP contribution in [0.1, 0.15) is 59.9 Å². The number of carbonyl (C=O) groups is 1. The van der Waals surface area contributed by atoms with Crippen molar-refractivity contribution < 1.29 is 9.90 Å². The molecule has 0 amide bonds. The number of thiazole rings is 2. The molecule has 12 heteroatoms. The average Bonchev–Trinajstić information content (AvgIpc) is 4.03. The summed E-state index contributed by atoms with van der Waals surface area (Å²) < 4.78 is 2.40. The molecule has 10 aromatic rings. The number of aryl methyl sites for hydroxylation is 2. The number of fused-ring (bicyclic) bond motifs is 3. The van der Waals surface area contributed by atoms with Gasteiger partial charge >= 0.3 is 5.97 Å². The third kappa shape index (κ3) is 7.24. The van der Waals surface area contributed by atoms with Crippen molar-refractivity contribution in [3.8, 4) is 64.7 Å². The third-order valence-corrected chi connectivity index (χ3v) is 15.2. The van der Waals surface area contributed by atoms with Crippen molar-refractivity contribution in [2.24, 2.45) is 0 Å². The topological polar surface area (TPSA) is 107 Å². The Bertz CT molecular complexity index is 3460. The van der Waals surface area contributed by atoms with Crippen molar-refractivity contribution in [2.45, 2.75) is 52.0 Å². The molecular weight excluding hydrogens is 876 g/mol. The molecule has 1 N–H and O–H groups in total. The number of carboxylic acid groups (broad SMARTS) is 1. The van der Waals surface area contributed by atoms with Crippen molar-refractivity contribution >= 4 is 84.7 Å². The van der Waals surface area contributed by atoms with Gasteiger partial charge in [-0.15, -0.1) is 22.7 Å². The summed E-state index contributed by atoms with van der Waals surface area (Å²) in [6, 6.07) is 38.0. The maximum absolute atomic E-state index is 13.9. The minimum Gasteiger partial charge on any atom is -0.478 e. The molecule has 0 bridgehead atoms. The largest absolute Gasteiger partial charge is 0.478 e. The third-order valence-electron chi connectivity index (χ3n) is 12.2. The molecule has 0 unspecified atom stereocenters. The first-order valence-electron chi connectivity index (χ1n) is 21.2. The highest BCUT2D eigenvalue weighted by Gasteiger charge is 2.31. The molecule has 1 saturated carbocycles. The Balaban J connectivity index is 1.12. The van der Waals surface area contributed by atoms with Crippen LogP contribution in [0.5, 0.6) is 0 Å². The van der Waals surface area contributed by atoms with Gasteiger partial charge in [-0.25, -0.2) is 24.7 Å². The molecule has 314 valence electrons. The predicted octanol–water partition coefficient (Wildman–Crippen LogP) is 15.2. The Morgan fingerprint density at radius 1 is 0.656 bits per heavy atom. The van der Waals surface area contributed by atoms with Gasteiger partial charge in [0.2, 0.25) is 0 Å². The van der Waals surface area contributed by atoms with Crippen LogP contribution in [-0.4, -0.2) is 40.6 Å². The van der Waals surface area contributed by atoms with Gasteiger partial charge in [-0.3, -0.25) is 4.98 Å². The minimum absolute atomic E-state index is 0.165. The van der Waals surface area contributed by atoms with E-state index in [0.29, 0.717) is 26.7 Å². The van der Waals surface area contributed by atoms with E-state index in [-0.39, 0.29) is 11.6 Å². The number of aromatic carboxylic acids is 1. The lowest BCUT2D eigenvalue weighted by molar-refractivity contribution is 0.0698. The standard InChI is InChI=1S/C52H38Cl2N6O2S2/c1-28-47(63-50(56-28)30-10-17-36(53)18-11-30)39-27-43-46(44(45(39)52(61)62)34-15-21-40-32(25-34)7-6-24-55-40)59-49(60(43)38-8-4-3-5-9-38)35-16-22-41-33(26-35)14-23-42(58-41)48-29(2)57-51(64-48)31-12-19-37(54)20-13-31/h6-7,10-27,38H,3-5,8-9H2,1-2H3,(H,61,62). The summed E-state index contributed by atoms with van der Waals surface area (Å²) in [6.45, 7) is 3.98. The zero-order chi connectivity index (χ0) is 43.6. The number of pyridine rings is 2. The van der Waals surface area contributed by atoms with E-state index >= 15 is 0 Å². The fraction of sp³-hybridized carbons (Fsp3) is 0.154. The van der Waals surface area contributed by atoms with Crippen molar-refractivity contribution in [3.05, 3.63) is 148 Å². The van der Waals surface area contributed by atoms with Crippen LogP contribution in [0.3, 0.4) is 0 Å². The van der Waals surface area contributed by atoms with Gasteiger partial charge in [0.25, 0.3) is 0 Å². The van der Waals surface area contributed by atoms with E-state index in [4.69, 9.17) is 43.1 Å². The monoisotopic (exact) mass is 912 g/mol. The van der Waals surface area contributed by atoms with Crippen LogP contribution in [0.15, 0.2) is 121 Å². The van der Waals surface area contributed by atoms with Gasteiger partial charge in [0.05, 0.1) is 54.5 Å². The lowest BCUT2D eigenvalue weighted by Gasteiger charge is -2.26. The normalized spacial score (nSPS) is 13.4. The van der Waals surface area contributed by atoms with Gasteiger partial charge in [-0.1, -0.05) is 84.9 Å². The van der Waals surface area contributed by atoms with Crippen LogP contribution >= 0.6 is 45.9 Å². The Kier molecular flexibility index (Phi) is 10.3. The number of imidazole rings is 1. The first kappa shape index (κ1) is 40.5. The smallest absolute Gasteiger partial charge is 0.337 e. The second-order valence-electron chi connectivity index (χ2n) is 16.3.